The van der Waals surface area contributed by atoms with E-state index in [1.54, 1.807) is 49.6 Å². The van der Waals surface area contributed by atoms with Crippen LogP contribution in [0.5, 0.6) is 0 Å². The van der Waals surface area contributed by atoms with Crippen LogP contribution in [0, 0.1) is 5.82 Å². The molecule has 156 valence electrons. The smallest absolute Gasteiger partial charge is 0.244 e. The van der Waals surface area contributed by atoms with Crippen LogP contribution in [-0.4, -0.2) is 25.4 Å². The molecule has 30 heavy (non-hydrogen) atoms. The van der Waals surface area contributed by atoms with Crippen LogP contribution in [0.3, 0.4) is 0 Å². The SMILES string of the molecule is CC(NC(=O)C(Cc1ccccc1)NS(=O)(=O)c1ccccc1F)c1cccnc1. The standard InChI is InChI=1S/C22H22FN3O3S/c1-16(18-10-7-13-24-15-18)25-22(27)20(14-17-8-3-2-4-9-17)26-30(28,29)21-12-6-5-11-19(21)23/h2-13,15-16,20,26H,14H2,1H3,(H,25,27). The molecular formula is C22H22FN3O3S. The molecule has 1 heterocycles. The van der Waals surface area contributed by atoms with Gasteiger partial charge in [-0.05, 0) is 42.7 Å². The van der Waals surface area contributed by atoms with Crippen molar-refractivity contribution in [3.8, 4) is 0 Å². The van der Waals surface area contributed by atoms with Crippen molar-refractivity contribution in [3.05, 3.63) is 96.1 Å². The van der Waals surface area contributed by atoms with Gasteiger partial charge >= 0.3 is 0 Å². The first-order valence-electron chi connectivity index (χ1n) is 9.38. The summed E-state index contributed by atoms with van der Waals surface area (Å²) in [6.07, 6.45) is 3.36. The average molecular weight is 428 g/mol. The van der Waals surface area contributed by atoms with Gasteiger partial charge in [0.15, 0.2) is 0 Å². The van der Waals surface area contributed by atoms with Crippen molar-refractivity contribution in [3.63, 3.8) is 0 Å². The maximum Gasteiger partial charge on any atom is 0.244 e. The number of nitrogens with one attached hydrogen (secondary N) is 2. The Morgan fingerprint density at radius 1 is 1.03 bits per heavy atom. The quantitative estimate of drug-likeness (QED) is 0.579. The second-order valence-corrected chi connectivity index (χ2v) is 8.49. The molecule has 0 spiro atoms. The number of rotatable bonds is 8. The summed E-state index contributed by atoms with van der Waals surface area (Å²) in [5.41, 5.74) is 1.55. The van der Waals surface area contributed by atoms with Crippen molar-refractivity contribution in [2.24, 2.45) is 0 Å². The van der Waals surface area contributed by atoms with Gasteiger partial charge in [0.25, 0.3) is 0 Å². The van der Waals surface area contributed by atoms with Crippen molar-refractivity contribution < 1.29 is 17.6 Å². The molecule has 0 saturated carbocycles. The zero-order valence-electron chi connectivity index (χ0n) is 16.3. The van der Waals surface area contributed by atoms with E-state index in [9.17, 15) is 17.6 Å². The number of amides is 1. The van der Waals surface area contributed by atoms with Gasteiger partial charge in [0, 0.05) is 12.4 Å². The number of hydrogen-bond donors (Lipinski definition) is 2. The monoisotopic (exact) mass is 427 g/mol. The molecule has 0 radical (unpaired) electrons. The molecule has 3 rings (SSSR count). The van der Waals surface area contributed by atoms with E-state index < -0.39 is 32.7 Å². The fraction of sp³-hybridized carbons (Fsp3) is 0.182. The van der Waals surface area contributed by atoms with Gasteiger partial charge in [0.1, 0.15) is 16.8 Å². The molecule has 0 fully saturated rings. The normalized spacial score (nSPS) is 13.4. The Bertz CT molecular complexity index is 1090. The highest BCUT2D eigenvalue weighted by Gasteiger charge is 2.28. The lowest BCUT2D eigenvalue weighted by molar-refractivity contribution is -0.123. The lowest BCUT2D eigenvalue weighted by Crippen LogP contribution is -2.48. The number of pyridine rings is 1. The molecule has 2 atom stereocenters. The van der Waals surface area contributed by atoms with Gasteiger partial charge in [-0.3, -0.25) is 9.78 Å². The Hall–Kier alpha value is -3.10. The minimum Gasteiger partial charge on any atom is -0.348 e. The zero-order valence-corrected chi connectivity index (χ0v) is 17.1. The maximum absolute atomic E-state index is 14.1. The predicted molar refractivity (Wildman–Crippen MR) is 111 cm³/mol. The van der Waals surface area contributed by atoms with Gasteiger partial charge in [0.05, 0.1) is 6.04 Å². The van der Waals surface area contributed by atoms with Gasteiger partial charge in [-0.15, -0.1) is 0 Å². The Labute approximate surface area is 175 Å². The average Bonchev–Trinajstić information content (AvgIpc) is 2.74. The first-order valence-corrected chi connectivity index (χ1v) is 10.9. The van der Waals surface area contributed by atoms with E-state index >= 15 is 0 Å². The highest BCUT2D eigenvalue weighted by Crippen LogP contribution is 2.16. The van der Waals surface area contributed by atoms with Crippen molar-refractivity contribution in [2.75, 3.05) is 0 Å². The maximum atomic E-state index is 14.1. The van der Waals surface area contributed by atoms with Gasteiger partial charge in [-0.2, -0.15) is 4.72 Å². The largest absolute Gasteiger partial charge is 0.348 e. The number of carbonyl (C=O) groups is 1. The number of aromatic nitrogens is 1. The van der Waals surface area contributed by atoms with Crippen LogP contribution < -0.4 is 10.0 Å². The number of sulfonamides is 1. The Morgan fingerprint density at radius 2 is 1.73 bits per heavy atom. The fourth-order valence-corrected chi connectivity index (χ4v) is 4.25. The summed E-state index contributed by atoms with van der Waals surface area (Å²) >= 11 is 0. The topological polar surface area (TPSA) is 88.2 Å². The molecule has 0 aliphatic rings. The number of nitrogens with zero attached hydrogens (tertiary/aromatic N) is 1. The van der Waals surface area contributed by atoms with Gasteiger partial charge in [-0.25, -0.2) is 12.8 Å². The Kier molecular flexibility index (Phi) is 6.91. The summed E-state index contributed by atoms with van der Waals surface area (Å²) in [5.74, 6) is -1.40. The summed E-state index contributed by atoms with van der Waals surface area (Å²) in [6, 6.07) is 16.1. The van der Waals surface area contributed by atoms with Crippen molar-refractivity contribution >= 4 is 15.9 Å². The van der Waals surface area contributed by atoms with E-state index in [2.05, 4.69) is 15.0 Å². The molecule has 6 nitrogen and oxygen atoms in total. The number of halogens is 1. The molecular weight excluding hydrogens is 405 g/mol. The van der Waals surface area contributed by atoms with E-state index in [4.69, 9.17) is 0 Å². The van der Waals surface area contributed by atoms with E-state index in [0.29, 0.717) is 0 Å². The summed E-state index contributed by atoms with van der Waals surface area (Å²) in [4.78, 5) is 16.5. The molecule has 0 aliphatic carbocycles. The minimum absolute atomic E-state index is 0.111. The third kappa shape index (κ3) is 5.49. The first kappa shape index (κ1) is 21.6. The van der Waals surface area contributed by atoms with E-state index in [1.165, 1.54) is 12.1 Å². The van der Waals surface area contributed by atoms with Gasteiger partial charge in [-0.1, -0.05) is 48.5 Å². The van der Waals surface area contributed by atoms with E-state index in [-0.39, 0.29) is 12.5 Å². The van der Waals surface area contributed by atoms with Gasteiger partial charge in [0.2, 0.25) is 15.9 Å². The lowest BCUT2D eigenvalue weighted by atomic mass is 10.1. The molecule has 8 heteroatoms. The minimum atomic E-state index is -4.25. The highest BCUT2D eigenvalue weighted by molar-refractivity contribution is 7.89. The number of hydrogen-bond acceptors (Lipinski definition) is 4. The molecule has 0 saturated heterocycles. The van der Waals surface area contributed by atoms with Crippen molar-refractivity contribution in [2.45, 2.75) is 30.3 Å². The van der Waals surface area contributed by atoms with E-state index in [0.717, 1.165) is 23.3 Å². The lowest BCUT2D eigenvalue weighted by Gasteiger charge is -2.22. The first-order chi connectivity index (χ1) is 14.4. The second-order valence-electron chi connectivity index (χ2n) is 6.81. The number of carbonyl (C=O) groups excluding carboxylic acids is 1. The van der Waals surface area contributed by atoms with E-state index in [1.807, 2.05) is 12.1 Å². The summed E-state index contributed by atoms with van der Waals surface area (Å²) in [6.45, 7) is 1.78. The molecule has 1 amide bonds. The predicted octanol–water partition coefficient (Wildman–Crippen LogP) is 2.99. The van der Waals surface area contributed by atoms with Gasteiger partial charge < -0.3 is 5.32 Å². The second kappa shape index (κ2) is 9.60. The number of benzene rings is 2. The third-order valence-electron chi connectivity index (χ3n) is 4.57. The Morgan fingerprint density at radius 3 is 2.40 bits per heavy atom. The summed E-state index contributed by atoms with van der Waals surface area (Å²) in [5, 5.41) is 2.81. The van der Waals surface area contributed by atoms with Crippen LogP contribution in [0.1, 0.15) is 24.1 Å². The van der Waals surface area contributed by atoms with Crippen LogP contribution in [0.25, 0.3) is 0 Å². The van der Waals surface area contributed by atoms with Crippen LogP contribution >= 0.6 is 0 Å². The molecule has 2 N–H and O–H groups in total. The summed E-state index contributed by atoms with van der Waals surface area (Å²) < 4.78 is 42.0. The van der Waals surface area contributed by atoms with Crippen LogP contribution in [-0.2, 0) is 21.2 Å². The molecule has 3 aromatic rings. The van der Waals surface area contributed by atoms with Crippen molar-refractivity contribution in [1.29, 1.82) is 0 Å². The Balaban J connectivity index is 1.84. The molecule has 0 aliphatic heterocycles. The molecule has 2 aromatic carbocycles. The molecule has 1 aromatic heterocycles. The summed E-state index contributed by atoms with van der Waals surface area (Å²) in [7, 11) is -4.25. The molecule has 2 unspecified atom stereocenters. The van der Waals surface area contributed by atoms with Crippen molar-refractivity contribution in [1.82, 2.24) is 15.0 Å². The third-order valence-corrected chi connectivity index (χ3v) is 6.07. The fourth-order valence-electron chi connectivity index (χ4n) is 2.98. The van der Waals surface area contributed by atoms with Crippen LogP contribution in [0.15, 0.2) is 84.0 Å². The molecule has 0 bridgehead atoms. The van der Waals surface area contributed by atoms with Crippen LogP contribution in [0.2, 0.25) is 0 Å². The van der Waals surface area contributed by atoms with Crippen LogP contribution in [0.4, 0.5) is 4.39 Å². The highest BCUT2D eigenvalue weighted by atomic mass is 32.2. The zero-order chi connectivity index (χ0) is 21.6.